The summed E-state index contributed by atoms with van der Waals surface area (Å²) in [5.74, 6) is -0.422. The lowest BCUT2D eigenvalue weighted by Crippen LogP contribution is -2.39. The van der Waals surface area contributed by atoms with Crippen LogP contribution in [0.5, 0.6) is 0 Å². The molecule has 2 fully saturated rings. The van der Waals surface area contributed by atoms with Gasteiger partial charge in [-0.1, -0.05) is 45.8 Å². The minimum atomic E-state index is -0.429. The molecule has 2 saturated heterocycles. The van der Waals surface area contributed by atoms with E-state index in [0.717, 1.165) is 19.4 Å². The molecule has 30 heavy (non-hydrogen) atoms. The monoisotopic (exact) mass is 423 g/mol. The molecule has 0 unspecified atom stereocenters. The summed E-state index contributed by atoms with van der Waals surface area (Å²) >= 11 is 0. The van der Waals surface area contributed by atoms with Crippen LogP contribution in [0.15, 0.2) is 12.2 Å². The van der Waals surface area contributed by atoms with E-state index in [4.69, 9.17) is 18.9 Å². The van der Waals surface area contributed by atoms with Gasteiger partial charge < -0.3 is 18.9 Å². The van der Waals surface area contributed by atoms with Gasteiger partial charge in [-0.15, -0.1) is 0 Å². The first-order valence-corrected chi connectivity index (χ1v) is 11.5. The third-order valence-corrected chi connectivity index (χ3v) is 6.62. The predicted molar refractivity (Wildman–Crippen MR) is 112 cm³/mol. The van der Waals surface area contributed by atoms with E-state index in [0.29, 0.717) is 51.9 Å². The first kappa shape index (κ1) is 23.4. The second-order valence-electron chi connectivity index (χ2n) is 8.53. The second kappa shape index (κ2) is 11.4. The number of hydrogen-bond acceptors (Lipinski definition) is 6. The third kappa shape index (κ3) is 5.31. The molecule has 7 nitrogen and oxygen atoms in total. The summed E-state index contributed by atoms with van der Waals surface area (Å²) < 4.78 is 22.6. The zero-order valence-corrected chi connectivity index (χ0v) is 18.6. The van der Waals surface area contributed by atoms with Gasteiger partial charge in [-0.2, -0.15) is 0 Å². The molecule has 7 heteroatoms. The molecule has 0 aromatic rings. The van der Waals surface area contributed by atoms with Crippen LogP contribution in [-0.4, -0.2) is 69.2 Å². The normalized spacial score (nSPS) is 29.4. The van der Waals surface area contributed by atoms with Crippen LogP contribution < -0.4 is 0 Å². The minimum Gasteiger partial charge on any atom is -0.379 e. The summed E-state index contributed by atoms with van der Waals surface area (Å²) in [6.45, 7) is 10.2. The number of amides is 2. The average Bonchev–Trinajstić information content (AvgIpc) is 3.36. The summed E-state index contributed by atoms with van der Waals surface area (Å²) in [5.41, 5.74) is 0. The van der Waals surface area contributed by atoms with E-state index < -0.39 is 6.29 Å². The number of imide groups is 1. The van der Waals surface area contributed by atoms with E-state index in [1.54, 1.807) is 0 Å². The first-order chi connectivity index (χ1) is 14.6. The predicted octanol–water partition coefficient (Wildman–Crippen LogP) is 2.64. The molecule has 0 spiro atoms. The highest BCUT2D eigenvalue weighted by molar-refractivity contribution is 6.05. The Balaban J connectivity index is 1.42. The van der Waals surface area contributed by atoms with Crippen LogP contribution >= 0.6 is 0 Å². The molecule has 0 aromatic carbocycles. The number of rotatable bonds is 12. The Hall–Kier alpha value is -1.28. The molecule has 0 radical (unpaired) electrons. The number of likely N-dealkylation sites (tertiary alicyclic amines) is 1. The molecule has 2 aliphatic heterocycles. The summed E-state index contributed by atoms with van der Waals surface area (Å²) in [7, 11) is 0. The molecular formula is C23H37NO6. The van der Waals surface area contributed by atoms with E-state index in [9.17, 15) is 9.59 Å². The molecule has 4 atom stereocenters. The van der Waals surface area contributed by atoms with Crippen LogP contribution in [0.2, 0.25) is 0 Å². The van der Waals surface area contributed by atoms with Gasteiger partial charge in [0.15, 0.2) is 6.29 Å². The molecule has 3 aliphatic rings. The highest BCUT2D eigenvalue weighted by atomic mass is 16.7. The van der Waals surface area contributed by atoms with Crippen LogP contribution in [0.1, 0.15) is 40.0 Å². The molecule has 0 N–H and O–H groups in total. The maximum absolute atomic E-state index is 13.1. The zero-order chi connectivity index (χ0) is 21.5. The Bertz CT molecular complexity index is 599. The SMILES string of the molecule is CCC(CC)COCCOCCCN1C(=O)[C@@H]2[C@H](C1=O)[C@H](C)C=C[C@@H]2C1OCCO1. The number of nitrogens with zero attached hydrogens (tertiary/aromatic N) is 1. The van der Waals surface area contributed by atoms with Crippen molar-refractivity contribution in [2.24, 2.45) is 29.6 Å². The van der Waals surface area contributed by atoms with Gasteiger partial charge in [0.25, 0.3) is 0 Å². The molecule has 0 bridgehead atoms. The average molecular weight is 424 g/mol. The number of ether oxygens (including phenoxy) is 4. The standard InChI is InChI=1S/C23H37NO6/c1-4-17(5-2)15-28-12-11-27-10-6-9-24-21(25)19-16(3)7-8-18(20(19)22(24)26)23-29-13-14-30-23/h7-8,16-20,23H,4-6,9-15H2,1-3H3/t16-,18+,19-,20+/m1/s1. The van der Waals surface area contributed by atoms with Crippen molar-refractivity contribution in [3.8, 4) is 0 Å². The lowest BCUT2D eigenvalue weighted by molar-refractivity contribution is -0.142. The van der Waals surface area contributed by atoms with Crippen LogP contribution in [0.3, 0.4) is 0 Å². The van der Waals surface area contributed by atoms with Gasteiger partial charge in [0, 0.05) is 25.7 Å². The highest BCUT2D eigenvalue weighted by Gasteiger charge is 2.55. The largest absolute Gasteiger partial charge is 0.379 e. The van der Waals surface area contributed by atoms with Gasteiger partial charge in [0.1, 0.15) is 0 Å². The van der Waals surface area contributed by atoms with Crippen molar-refractivity contribution >= 4 is 11.8 Å². The maximum atomic E-state index is 13.1. The van der Waals surface area contributed by atoms with Gasteiger partial charge in [-0.05, 0) is 18.3 Å². The molecule has 1 aliphatic carbocycles. The molecule has 2 amide bonds. The number of allylic oxidation sites excluding steroid dienone is 1. The van der Waals surface area contributed by atoms with Crippen molar-refractivity contribution in [3.63, 3.8) is 0 Å². The summed E-state index contributed by atoms with van der Waals surface area (Å²) in [5, 5.41) is 0. The molecular weight excluding hydrogens is 386 g/mol. The maximum Gasteiger partial charge on any atom is 0.233 e. The van der Waals surface area contributed by atoms with Gasteiger partial charge in [0.05, 0.1) is 38.3 Å². The lowest BCUT2D eigenvalue weighted by Gasteiger charge is -2.32. The van der Waals surface area contributed by atoms with Crippen molar-refractivity contribution < 1.29 is 28.5 Å². The topological polar surface area (TPSA) is 74.3 Å². The Kier molecular flexibility index (Phi) is 8.86. The van der Waals surface area contributed by atoms with Crippen LogP contribution in [0.25, 0.3) is 0 Å². The van der Waals surface area contributed by atoms with E-state index in [2.05, 4.69) is 13.8 Å². The summed E-state index contributed by atoms with van der Waals surface area (Å²) in [4.78, 5) is 27.5. The number of carbonyl (C=O) groups excluding carboxylic acids is 2. The first-order valence-electron chi connectivity index (χ1n) is 11.5. The second-order valence-corrected chi connectivity index (χ2v) is 8.53. The fourth-order valence-corrected chi connectivity index (χ4v) is 4.67. The quantitative estimate of drug-likeness (QED) is 0.273. The molecule has 0 saturated carbocycles. The summed E-state index contributed by atoms with van der Waals surface area (Å²) in [6.07, 6.45) is 6.49. The van der Waals surface area contributed by atoms with Gasteiger partial charge >= 0.3 is 0 Å². The minimum absolute atomic E-state index is 0.0394. The Morgan fingerprint density at radius 3 is 2.37 bits per heavy atom. The number of carbonyl (C=O) groups is 2. The van der Waals surface area contributed by atoms with Crippen molar-refractivity contribution in [3.05, 3.63) is 12.2 Å². The van der Waals surface area contributed by atoms with Crippen LogP contribution in [0, 0.1) is 29.6 Å². The zero-order valence-electron chi connectivity index (χ0n) is 18.6. The van der Waals surface area contributed by atoms with Crippen molar-refractivity contribution in [2.45, 2.75) is 46.3 Å². The van der Waals surface area contributed by atoms with E-state index >= 15 is 0 Å². The molecule has 0 aromatic heterocycles. The van der Waals surface area contributed by atoms with Gasteiger partial charge in [-0.25, -0.2) is 0 Å². The van der Waals surface area contributed by atoms with E-state index in [1.165, 1.54) is 4.90 Å². The van der Waals surface area contributed by atoms with Crippen molar-refractivity contribution in [1.82, 2.24) is 4.90 Å². The number of hydrogen-bond donors (Lipinski definition) is 0. The molecule has 3 rings (SSSR count). The lowest BCUT2D eigenvalue weighted by atomic mass is 9.72. The van der Waals surface area contributed by atoms with Crippen molar-refractivity contribution in [1.29, 1.82) is 0 Å². The summed E-state index contributed by atoms with van der Waals surface area (Å²) in [6, 6.07) is 0. The van der Waals surface area contributed by atoms with Crippen LogP contribution in [-0.2, 0) is 28.5 Å². The molecule has 2 heterocycles. The number of fused-ring (bicyclic) bond motifs is 1. The Morgan fingerprint density at radius 1 is 1.00 bits per heavy atom. The third-order valence-electron chi connectivity index (χ3n) is 6.62. The van der Waals surface area contributed by atoms with Crippen LogP contribution in [0.4, 0.5) is 0 Å². The van der Waals surface area contributed by atoms with Crippen molar-refractivity contribution in [2.75, 3.05) is 46.2 Å². The van der Waals surface area contributed by atoms with E-state index in [1.807, 2.05) is 19.1 Å². The Morgan fingerprint density at radius 2 is 1.67 bits per heavy atom. The highest BCUT2D eigenvalue weighted by Crippen LogP contribution is 2.44. The Labute approximate surface area is 180 Å². The molecule has 170 valence electrons. The van der Waals surface area contributed by atoms with Gasteiger partial charge in [0.2, 0.25) is 11.8 Å². The van der Waals surface area contributed by atoms with E-state index in [-0.39, 0.29) is 35.5 Å². The fraction of sp³-hybridized carbons (Fsp3) is 0.826. The fourth-order valence-electron chi connectivity index (χ4n) is 4.67. The van der Waals surface area contributed by atoms with Gasteiger partial charge in [-0.3, -0.25) is 14.5 Å². The smallest absolute Gasteiger partial charge is 0.233 e.